The number of rotatable bonds is 0. The van der Waals surface area contributed by atoms with E-state index in [1.165, 1.54) is 0 Å². The molecule has 0 aliphatic carbocycles. The number of aromatic nitrogens is 1. The molecule has 1 aliphatic heterocycles. The zero-order valence-electron chi connectivity index (χ0n) is 10.0. The lowest BCUT2D eigenvalue weighted by Gasteiger charge is -2.22. The standard InChI is InChI=1S/C15H10N2O2/c18-14-9-4-1-2-7-12(9)17-8-16-15(19)11-6-3-5-10(14)13(11)17/h1-7H,8H2,(H,16,19). The fourth-order valence-electron chi connectivity index (χ4n) is 2.78. The number of amides is 1. The van der Waals surface area contributed by atoms with Gasteiger partial charge in [-0.2, -0.15) is 0 Å². The van der Waals surface area contributed by atoms with Crippen LogP contribution in [0.5, 0.6) is 0 Å². The quantitative estimate of drug-likeness (QED) is 0.619. The fourth-order valence-corrected chi connectivity index (χ4v) is 2.78. The van der Waals surface area contributed by atoms with Crippen molar-refractivity contribution in [3.05, 3.63) is 58.3 Å². The maximum absolute atomic E-state index is 12.5. The zero-order valence-corrected chi connectivity index (χ0v) is 10.0. The van der Waals surface area contributed by atoms with Crippen LogP contribution in [0.1, 0.15) is 10.4 Å². The van der Waals surface area contributed by atoms with Crippen LogP contribution in [-0.4, -0.2) is 10.5 Å². The van der Waals surface area contributed by atoms with Crippen molar-refractivity contribution in [2.75, 3.05) is 0 Å². The van der Waals surface area contributed by atoms with Gasteiger partial charge in [-0.1, -0.05) is 18.2 Å². The van der Waals surface area contributed by atoms with Crippen LogP contribution in [0, 0.1) is 0 Å². The number of carbonyl (C=O) groups is 1. The van der Waals surface area contributed by atoms with E-state index in [2.05, 4.69) is 5.32 Å². The molecule has 2 heterocycles. The molecule has 1 N–H and O–H groups in total. The summed E-state index contributed by atoms with van der Waals surface area (Å²) in [6.07, 6.45) is 0. The van der Waals surface area contributed by atoms with E-state index in [4.69, 9.17) is 0 Å². The van der Waals surface area contributed by atoms with E-state index in [1.807, 2.05) is 28.8 Å². The number of hydrogen-bond donors (Lipinski definition) is 1. The summed E-state index contributed by atoms with van der Waals surface area (Å²) < 4.78 is 1.99. The molecule has 92 valence electrons. The summed E-state index contributed by atoms with van der Waals surface area (Å²) in [5.74, 6) is -0.125. The topological polar surface area (TPSA) is 51.1 Å². The Morgan fingerprint density at radius 2 is 1.74 bits per heavy atom. The van der Waals surface area contributed by atoms with Gasteiger partial charge in [0.25, 0.3) is 5.91 Å². The number of hydrogen-bond acceptors (Lipinski definition) is 2. The molecule has 4 heteroatoms. The van der Waals surface area contributed by atoms with E-state index >= 15 is 0 Å². The molecule has 3 aromatic rings. The molecule has 1 aromatic heterocycles. The minimum absolute atomic E-state index is 0.0154. The van der Waals surface area contributed by atoms with Gasteiger partial charge in [0.15, 0.2) is 5.43 Å². The number of pyridine rings is 1. The molecule has 0 spiro atoms. The van der Waals surface area contributed by atoms with E-state index in [0.29, 0.717) is 23.0 Å². The number of nitrogens with one attached hydrogen (secondary N) is 1. The lowest BCUT2D eigenvalue weighted by Crippen LogP contribution is -2.33. The smallest absolute Gasteiger partial charge is 0.254 e. The number of nitrogens with zero attached hydrogens (tertiary/aromatic N) is 1. The molecule has 0 saturated carbocycles. The van der Waals surface area contributed by atoms with Gasteiger partial charge >= 0.3 is 0 Å². The van der Waals surface area contributed by atoms with E-state index < -0.39 is 0 Å². The van der Waals surface area contributed by atoms with Crippen LogP contribution in [0.2, 0.25) is 0 Å². The summed E-state index contributed by atoms with van der Waals surface area (Å²) in [6.45, 7) is 0.396. The summed E-state index contributed by atoms with van der Waals surface area (Å²) in [5, 5.41) is 4.12. The first-order valence-electron chi connectivity index (χ1n) is 6.10. The Morgan fingerprint density at radius 1 is 0.947 bits per heavy atom. The third-order valence-corrected chi connectivity index (χ3v) is 3.63. The molecule has 4 rings (SSSR count). The lowest BCUT2D eigenvalue weighted by molar-refractivity contribution is 0.0938. The number of fused-ring (bicyclic) bond motifs is 2. The summed E-state index contributed by atoms with van der Waals surface area (Å²) in [7, 11) is 0. The molecule has 1 amide bonds. The van der Waals surface area contributed by atoms with E-state index in [1.54, 1.807) is 18.2 Å². The molecular formula is C15H10N2O2. The first-order chi connectivity index (χ1) is 9.27. The number of carbonyl (C=O) groups excluding carboxylic acids is 1. The second-order valence-corrected chi connectivity index (χ2v) is 4.64. The highest BCUT2D eigenvalue weighted by Gasteiger charge is 2.21. The number of para-hydroxylation sites is 2. The van der Waals surface area contributed by atoms with Crippen LogP contribution in [0.4, 0.5) is 0 Å². The van der Waals surface area contributed by atoms with Crippen LogP contribution < -0.4 is 10.7 Å². The largest absolute Gasteiger partial charge is 0.334 e. The maximum Gasteiger partial charge on any atom is 0.254 e. The molecule has 0 fully saturated rings. The summed E-state index contributed by atoms with van der Waals surface area (Å²) in [4.78, 5) is 24.4. The molecule has 2 aromatic carbocycles. The van der Waals surface area contributed by atoms with Gasteiger partial charge in [0, 0.05) is 10.8 Å². The summed E-state index contributed by atoms with van der Waals surface area (Å²) in [5.41, 5.74) is 2.13. The lowest BCUT2D eigenvalue weighted by atomic mass is 10.0. The van der Waals surface area contributed by atoms with Crippen LogP contribution in [0.3, 0.4) is 0 Å². The predicted octanol–water partition coefficient (Wildman–Crippen LogP) is 1.86. The van der Waals surface area contributed by atoms with Crippen molar-refractivity contribution in [1.29, 1.82) is 0 Å². The Labute approximate surface area is 108 Å². The van der Waals surface area contributed by atoms with Crippen molar-refractivity contribution in [1.82, 2.24) is 9.88 Å². The highest BCUT2D eigenvalue weighted by Crippen LogP contribution is 2.24. The van der Waals surface area contributed by atoms with Gasteiger partial charge in [0.05, 0.1) is 23.3 Å². The molecule has 1 aliphatic rings. The first-order valence-corrected chi connectivity index (χ1v) is 6.10. The van der Waals surface area contributed by atoms with Crippen molar-refractivity contribution >= 4 is 27.7 Å². The second-order valence-electron chi connectivity index (χ2n) is 4.64. The van der Waals surface area contributed by atoms with Gasteiger partial charge in [0.2, 0.25) is 0 Å². The van der Waals surface area contributed by atoms with Gasteiger partial charge in [-0.25, -0.2) is 0 Å². The fraction of sp³-hybridized carbons (Fsp3) is 0.0667. The SMILES string of the molecule is O=C1NCn2c3ccccc3c(=O)c3cccc1c32. The zero-order chi connectivity index (χ0) is 13.0. The van der Waals surface area contributed by atoms with Gasteiger partial charge in [0.1, 0.15) is 0 Å². The highest BCUT2D eigenvalue weighted by atomic mass is 16.2. The first kappa shape index (κ1) is 10.3. The van der Waals surface area contributed by atoms with Gasteiger partial charge in [-0.15, -0.1) is 0 Å². The molecule has 4 nitrogen and oxygen atoms in total. The third kappa shape index (κ3) is 1.23. The van der Waals surface area contributed by atoms with Crippen molar-refractivity contribution in [3.8, 4) is 0 Å². The molecule has 0 bridgehead atoms. The second kappa shape index (κ2) is 3.45. The average Bonchev–Trinajstić information content (AvgIpc) is 2.46. The van der Waals surface area contributed by atoms with Crippen LogP contribution in [0.25, 0.3) is 21.8 Å². The molecule has 0 unspecified atom stereocenters. The summed E-state index contributed by atoms with van der Waals surface area (Å²) >= 11 is 0. The Kier molecular flexibility index (Phi) is 1.87. The monoisotopic (exact) mass is 250 g/mol. The molecule has 0 saturated heterocycles. The van der Waals surface area contributed by atoms with E-state index in [9.17, 15) is 9.59 Å². The van der Waals surface area contributed by atoms with Gasteiger partial charge < -0.3 is 9.88 Å². The molecule has 0 radical (unpaired) electrons. The maximum atomic E-state index is 12.5. The molecule has 0 atom stereocenters. The van der Waals surface area contributed by atoms with Crippen molar-refractivity contribution in [2.45, 2.75) is 6.67 Å². The van der Waals surface area contributed by atoms with Crippen molar-refractivity contribution in [3.63, 3.8) is 0 Å². The third-order valence-electron chi connectivity index (χ3n) is 3.63. The van der Waals surface area contributed by atoms with E-state index in [-0.39, 0.29) is 11.3 Å². The van der Waals surface area contributed by atoms with Crippen molar-refractivity contribution in [2.24, 2.45) is 0 Å². The van der Waals surface area contributed by atoms with Gasteiger partial charge in [-0.3, -0.25) is 9.59 Å². The Morgan fingerprint density at radius 3 is 2.63 bits per heavy atom. The van der Waals surface area contributed by atoms with Gasteiger partial charge in [-0.05, 0) is 24.3 Å². The van der Waals surface area contributed by atoms with Crippen molar-refractivity contribution < 1.29 is 4.79 Å². The minimum atomic E-state index is -0.125. The highest BCUT2D eigenvalue weighted by molar-refractivity contribution is 6.09. The Bertz CT molecular complexity index is 909. The summed E-state index contributed by atoms with van der Waals surface area (Å²) in [6, 6.07) is 12.8. The van der Waals surface area contributed by atoms with E-state index in [0.717, 1.165) is 11.0 Å². The van der Waals surface area contributed by atoms with Crippen LogP contribution in [-0.2, 0) is 6.67 Å². The predicted molar refractivity (Wildman–Crippen MR) is 73.2 cm³/mol. The molecule has 19 heavy (non-hydrogen) atoms. The Balaban J connectivity index is 2.39. The normalized spacial score (nSPS) is 13.8. The minimum Gasteiger partial charge on any atom is -0.334 e. The Hall–Kier alpha value is -2.62. The van der Waals surface area contributed by atoms with Crippen LogP contribution >= 0.6 is 0 Å². The van der Waals surface area contributed by atoms with Crippen LogP contribution in [0.15, 0.2) is 47.3 Å². The molecular weight excluding hydrogens is 240 g/mol. The average molecular weight is 250 g/mol. The number of benzene rings is 2.